The molecule has 0 heterocycles. The summed E-state index contributed by atoms with van der Waals surface area (Å²) >= 11 is -2.06. The second-order valence-corrected chi connectivity index (χ2v) is 4.08. The van der Waals surface area contributed by atoms with Crippen molar-refractivity contribution in [3.63, 3.8) is 0 Å². The zero-order valence-corrected chi connectivity index (χ0v) is 8.79. The number of nitrogens with one attached hydrogen (secondary N) is 1. The number of fused-ring (bicyclic) bond motifs is 1. The van der Waals surface area contributed by atoms with Crippen molar-refractivity contribution in [2.45, 2.75) is 0 Å². The lowest BCUT2D eigenvalue weighted by Gasteiger charge is -2.09. The molecule has 15 heavy (non-hydrogen) atoms. The number of anilines is 1. The summed E-state index contributed by atoms with van der Waals surface area (Å²) in [6.45, 7) is 0. The van der Waals surface area contributed by atoms with Crippen molar-refractivity contribution in [3.8, 4) is 0 Å². The molecule has 1 N–H and O–H groups in total. The van der Waals surface area contributed by atoms with Crippen LogP contribution in [0.2, 0.25) is 0 Å². The SMILES string of the molecule is O=S([O-])CNc1ccc2ccccc2c1. The van der Waals surface area contributed by atoms with Crippen LogP contribution in [0.3, 0.4) is 0 Å². The summed E-state index contributed by atoms with van der Waals surface area (Å²) in [6, 6.07) is 13.7. The van der Waals surface area contributed by atoms with Crippen LogP contribution in [0.4, 0.5) is 5.69 Å². The lowest BCUT2D eigenvalue weighted by atomic mass is 10.1. The quantitative estimate of drug-likeness (QED) is 0.806. The van der Waals surface area contributed by atoms with E-state index in [2.05, 4.69) is 5.32 Å². The van der Waals surface area contributed by atoms with Crippen molar-refractivity contribution in [1.29, 1.82) is 0 Å². The second-order valence-electron chi connectivity index (χ2n) is 3.19. The number of hydrogen-bond acceptors (Lipinski definition) is 3. The maximum Gasteiger partial charge on any atom is 0.0777 e. The van der Waals surface area contributed by atoms with Gasteiger partial charge in [-0.3, -0.25) is 4.21 Å². The molecule has 0 aromatic heterocycles. The third-order valence-electron chi connectivity index (χ3n) is 2.14. The van der Waals surface area contributed by atoms with E-state index in [0.717, 1.165) is 16.5 Å². The Labute approximate surface area is 90.4 Å². The highest BCUT2D eigenvalue weighted by atomic mass is 32.2. The number of hydrogen-bond donors (Lipinski definition) is 1. The monoisotopic (exact) mass is 220 g/mol. The molecule has 3 nitrogen and oxygen atoms in total. The van der Waals surface area contributed by atoms with Gasteiger partial charge in [0.2, 0.25) is 0 Å². The van der Waals surface area contributed by atoms with Crippen molar-refractivity contribution in [3.05, 3.63) is 42.5 Å². The third-order valence-corrected chi connectivity index (χ3v) is 2.52. The highest BCUT2D eigenvalue weighted by molar-refractivity contribution is 7.79. The van der Waals surface area contributed by atoms with Gasteiger partial charge in [0.15, 0.2) is 0 Å². The van der Waals surface area contributed by atoms with Gasteiger partial charge in [-0.15, -0.1) is 0 Å². The summed E-state index contributed by atoms with van der Waals surface area (Å²) in [7, 11) is 0. The average molecular weight is 220 g/mol. The molecule has 0 saturated heterocycles. The van der Waals surface area contributed by atoms with E-state index in [1.54, 1.807) is 0 Å². The Morgan fingerprint density at radius 2 is 1.87 bits per heavy atom. The topological polar surface area (TPSA) is 52.2 Å². The minimum absolute atomic E-state index is 0.0572. The van der Waals surface area contributed by atoms with Gasteiger partial charge in [-0.2, -0.15) is 0 Å². The molecule has 78 valence electrons. The molecule has 4 heteroatoms. The van der Waals surface area contributed by atoms with E-state index in [0.29, 0.717) is 0 Å². The fraction of sp³-hybridized carbons (Fsp3) is 0.0909. The van der Waals surface area contributed by atoms with E-state index < -0.39 is 11.1 Å². The Kier molecular flexibility index (Phi) is 2.99. The molecule has 0 aliphatic heterocycles. The first-order chi connectivity index (χ1) is 7.25. The van der Waals surface area contributed by atoms with Gasteiger partial charge in [0.25, 0.3) is 0 Å². The van der Waals surface area contributed by atoms with E-state index in [9.17, 15) is 8.76 Å². The number of benzene rings is 2. The first-order valence-electron chi connectivity index (χ1n) is 4.54. The maximum absolute atomic E-state index is 10.4. The largest absolute Gasteiger partial charge is 0.771 e. The van der Waals surface area contributed by atoms with Crippen molar-refractivity contribution in [2.75, 3.05) is 11.2 Å². The molecule has 1 atom stereocenters. The van der Waals surface area contributed by atoms with E-state index in [1.807, 2.05) is 42.5 Å². The average Bonchev–Trinajstić information content (AvgIpc) is 2.26. The molecule has 0 aliphatic carbocycles. The van der Waals surface area contributed by atoms with Crippen molar-refractivity contribution < 1.29 is 8.76 Å². The predicted molar refractivity (Wildman–Crippen MR) is 61.4 cm³/mol. The maximum atomic E-state index is 10.4. The minimum Gasteiger partial charge on any atom is -0.771 e. The Hall–Kier alpha value is -1.39. The molecule has 0 radical (unpaired) electrons. The third kappa shape index (κ3) is 2.55. The predicted octanol–water partition coefficient (Wildman–Crippen LogP) is 2.09. The van der Waals surface area contributed by atoms with Gasteiger partial charge in [0.1, 0.15) is 0 Å². The van der Waals surface area contributed by atoms with Gasteiger partial charge in [-0.25, -0.2) is 0 Å². The van der Waals surface area contributed by atoms with E-state index in [-0.39, 0.29) is 5.88 Å². The van der Waals surface area contributed by atoms with Crippen LogP contribution in [0.1, 0.15) is 0 Å². The molecule has 0 aliphatic rings. The molecule has 2 aromatic rings. The van der Waals surface area contributed by atoms with Crippen LogP contribution in [0, 0.1) is 0 Å². The molecule has 2 aromatic carbocycles. The molecule has 0 amide bonds. The molecule has 0 fully saturated rings. The fourth-order valence-corrected chi connectivity index (χ4v) is 1.73. The Morgan fingerprint density at radius 1 is 1.13 bits per heavy atom. The summed E-state index contributed by atoms with van der Waals surface area (Å²) in [5.74, 6) is -0.0572. The summed E-state index contributed by atoms with van der Waals surface area (Å²) in [5, 5.41) is 5.06. The van der Waals surface area contributed by atoms with Crippen LogP contribution in [0.15, 0.2) is 42.5 Å². The van der Waals surface area contributed by atoms with Gasteiger partial charge in [-0.05, 0) is 34.0 Å². The van der Waals surface area contributed by atoms with Crippen LogP contribution in [-0.2, 0) is 11.1 Å². The lowest BCUT2D eigenvalue weighted by Crippen LogP contribution is -2.06. The van der Waals surface area contributed by atoms with Crippen LogP contribution in [-0.4, -0.2) is 14.6 Å². The normalized spacial score (nSPS) is 12.6. The van der Waals surface area contributed by atoms with Crippen molar-refractivity contribution >= 4 is 27.5 Å². The smallest absolute Gasteiger partial charge is 0.0777 e. The van der Waals surface area contributed by atoms with Crippen LogP contribution >= 0.6 is 0 Å². The summed E-state index contributed by atoms with van der Waals surface area (Å²) < 4.78 is 20.7. The van der Waals surface area contributed by atoms with Crippen LogP contribution in [0.25, 0.3) is 10.8 Å². The Balaban J connectivity index is 2.26. The molecule has 1 unspecified atom stereocenters. The first-order valence-corrected chi connectivity index (χ1v) is 5.78. The van der Waals surface area contributed by atoms with Crippen LogP contribution < -0.4 is 5.32 Å². The molecule has 2 rings (SSSR count). The Morgan fingerprint density at radius 3 is 2.60 bits per heavy atom. The van der Waals surface area contributed by atoms with Gasteiger partial charge >= 0.3 is 0 Å². The standard InChI is InChI=1S/C11H11NO2S/c13-15(14)8-12-11-6-5-9-3-1-2-4-10(9)7-11/h1-7,12H,8H2,(H,13,14)/p-1. The van der Waals surface area contributed by atoms with Gasteiger partial charge in [-0.1, -0.05) is 30.3 Å². The molecule has 0 spiro atoms. The van der Waals surface area contributed by atoms with E-state index in [1.165, 1.54) is 0 Å². The van der Waals surface area contributed by atoms with Crippen molar-refractivity contribution in [1.82, 2.24) is 0 Å². The minimum atomic E-state index is -2.06. The van der Waals surface area contributed by atoms with Gasteiger partial charge < -0.3 is 9.87 Å². The zero-order valence-electron chi connectivity index (χ0n) is 7.97. The summed E-state index contributed by atoms with van der Waals surface area (Å²) in [6.07, 6.45) is 0. The fourth-order valence-electron chi connectivity index (χ4n) is 1.44. The lowest BCUT2D eigenvalue weighted by molar-refractivity contribution is 0.539. The van der Waals surface area contributed by atoms with Crippen LogP contribution in [0.5, 0.6) is 0 Å². The molecular formula is C11H10NO2S-. The molecule has 0 bridgehead atoms. The highest BCUT2D eigenvalue weighted by Crippen LogP contribution is 2.18. The first kappa shape index (κ1) is 10.1. The Bertz CT molecular complexity index is 499. The van der Waals surface area contributed by atoms with Gasteiger partial charge in [0, 0.05) is 5.69 Å². The summed E-state index contributed by atoms with van der Waals surface area (Å²) in [5.41, 5.74) is 0.818. The molecular weight excluding hydrogens is 210 g/mol. The zero-order chi connectivity index (χ0) is 10.7. The van der Waals surface area contributed by atoms with Crippen molar-refractivity contribution in [2.24, 2.45) is 0 Å². The number of rotatable bonds is 3. The van der Waals surface area contributed by atoms with Gasteiger partial charge in [0.05, 0.1) is 5.88 Å². The van der Waals surface area contributed by atoms with E-state index >= 15 is 0 Å². The highest BCUT2D eigenvalue weighted by Gasteiger charge is 1.94. The summed E-state index contributed by atoms with van der Waals surface area (Å²) in [4.78, 5) is 0. The second kappa shape index (κ2) is 4.42. The van der Waals surface area contributed by atoms with E-state index in [4.69, 9.17) is 0 Å². The molecule has 0 saturated carbocycles.